The van der Waals surface area contributed by atoms with Crippen LogP contribution in [0.15, 0.2) is 0 Å². The lowest BCUT2D eigenvalue weighted by molar-refractivity contribution is -0.289. The van der Waals surface area contributed by atoms with Crippen LogP contribution in [-0.4, -0.2) is 31.5 Å². The van der Waals surface area contributed by atoms with Crippen LogP contribution >= 0.6 is 8.03 Å². The highest BCUT2D eigenvalue weighted by Gasteiger charge is 2.58. The molecule has 0 aromatic carbocycles. The van der Waals surface area contributed by atoms with Crippen LogP contribution in [0.25, 0.3) is 0 Å². The van der Waals surface area contributed by atoms with Gasteiger partial charge >= 0.3 is 17.8 Å². The van der Waals surface area contributed by atoms with E-state index < -0.39 is 32.4 Å². The molecule has 10 heteroatoms. The van der Waals surface area contributed by atoms with Gasteiger partial charge in [0.25, 0.3) is 8.03 Å². The largest absolute Gasteiger partial charge is 0.462 e. The summed E-state index contributed by atoms with van der Waals surface area (Å²) in [6.07, 6.45) is -5.81. The van der Waals surface area contributed by atoms with Crippen molar-refractivity contribution in [1.29, 1.82) is 0 Å². The maximum Gasteiger partial charge on any atom is 0.455 e. The van der Waals surface area contributed by atoms with E-state index >= 15 is 0 Å². The van der Waals surface area contributed by atoms with Crippen LogP contribution in [0, 0.1) is 0 Å². The second kappa shape index (κ2) is 4.89. The minimum absolute atomic E-state index is 0.788. The molecule has 1 atom stereocenters. The molecule has 0 heterocycles. The van der Waals surface area contributed by atoms with Gasteiger partial charge < -0.3 is 9.26 Å². The Morgan fingerprint density at radius 1 is 1.27 bits per heavy atom. The Morgan fingerprint density at radius 3 is 2.07 bits per heavy atom. The number of halogens is 5. The monoisotopic (exact) mass is 256 g/mol. The molecule has 0 aliphatic carbocycles. The summed E-state index contributed by atoms with van der Waals surface area (Å²) in [5.74, 6) is -5.15. The van der Waals surface area contributed by atoms with Crippen molar-refractivity contribution in [2.75, 3.05) is 13.7 Å². The predicted octanol–water partition coefficient (Wildman–Crippen LogP) is 2.44. The van der Waals surface area contributed by atoms with Crippen molar-refractivity contribution >= 4 is 13.7 Å². The van der Waals surface area contributed by atoms with Gasteiger partial charge in [0.15, 0.2) is 0 Å². The van der Waals surface area contributed by atoms with Crippen LogP contribution < -0.4 is 0 Å². The lowest BCUT2D eigenvalue weighted by Crippen LogP contribution is -2.40. The molecule has 90 valence electrons. The van der Waals surface area contributed by atoms with Gasteiger partial charge in [0.05, 0.1) is 7.11 Å². The summed E-state index contributed by atoms with van der Waals surface area (Å²) < 4.78 is 76.8. The summed E-state index contributed by atoms with van der Waals surface area (Å²) in [6, 6.07) is 0. The smallest absolute Gasteiger partial charge is 0.455 e. The van der Waals surface area contributed by atoms with Gasteiger partial charge in [-0.15, -0.1) is 0 Å². The minimum Gasteiger partial charge on any atom is -0.462 e. The van der Waals surface area contributed by atoms with E-state index in [9.17, 15) is 31.3 Å². The quantitative estimate of drug-likeness (QED) is 0.572. The third kappa shape index (κ3) is 4.13. The lowest BCUT2D eigenvalue weighted by Gasteiger charge is -2.18. The van der Waals surface area contributed by atoms with E-state index in [-0.39, 0.29) is 0 Å². The van der Waals surface area contributed by atoms with Gasteiger partial charge in [-0.3, -0.25) is 4.57 Å². The molecule has 0 fully saturated rings. The average molecular weight is 256 g/mol. The zero-order valence-electron chi connectivity index (χ0n) is 7.23. The van der Waals surface area contributed by atoms with Gasteiger partial charge in [-0.05, 0) is 0 Å². The maximum atomic E-state index is 12.1. The van der Waals surface area contributed by atoms with Crippen LogP contribution in [0.3, 0.4) is 0 Å². The molecule has 4 nitrogen and oxygen atoms in total. The van der Waals surface area contributed by atoms with Gasteiger partial charge in [-0.25, -0.2) is 4.79 Å². The Bertz CT molecular complexity index is 263. The van der Waals surface area contributed by atoms with Crippen molar-refractivity contribution in [3.8, 4) is 0 Å². The molecule has 0 saturated heterocycles. The van der Waals surface area contributed by atoms with E-state index in [0.29, 0.717) is 0 Å². The molecule has 0 amide bonds. The minimum atomic E-state index is -5.81. The van der Waals surface area contributed by atoms with Gasteiger partial charge in [-0.1, -0.05) is 0 Å². The Kier molecular flexibility index (Phi) is 4.66. The summed E-state index contributed by atoms with van der Waals surface area (Å²) in [6.45, 7) is -2.18. The standard InChI is InChI=1S/C5H6F5O4P/c1-13-3(11)15(12)14-2-4(6,7)5(8,9)10/h15H,2H2,1H3. The topological polar surface area (TPSA) is 52.6 Å². The van der Waals surface area contributed by atoms with E-state index in [1.807, 2.05) is 0 Å². The maximum absolute atomic E-state index is 12.1. The summed E-state index contributed by atoms with van der Waals surface area (Å²) in [5, 5.41) is 0. The van der Waals surface area contributed by atoms with Crippen molar-refractivity contribution < 1.29 is 40.6 Å². The van der Waals surface area contributed by atoms with Crippen LogP contribution in [0.1, 0.15) is 0 Å². The number of ether oxygens (including phenoxy) is 1. The lowest BCUT2D eigenvalue weighted by atomic mass is 10.3. The summed E-state index contributed by atoms with van der Waals surface area (Å²) in [5.41, 5.74) is -1.47. The van der Waals surface area contributed by atoms with Crippen LogP contribution in [-0.2, 0) is 13.8 Å². The van der Waals surface area contributed by atoms with Gasteiger partial charge in [0.2, 0.25) is 0 Å². The van der Waals surface area contributed by atoms with Gasteiger partial charge in [-0.2, -0.15) is 22.0 Å². The number of alkyl halides is 5. The third-order valence-electron chi connectivity index (χ3n) is 1.15. The molecular formula is C5H6F5O4P. The number of hydrogen-bond donors (Lipinski definition) is 0. The SMILES string of the molecule is COC(=O)[PH](=O)OCC(F)(F)C(F)(F)F. The van der Waals surface area contributed by atoms with E-state index in [0.717, 1.165) is 7.11 Å². The van der Waals surface area contributed by atoms with Gasteiger partial charge in [0, 0.05) is 0 Å². The summed E-state index contributed by atoms with van der Waals surface area (Å²) in [7, 11) is -2.91. The molecule has 0 aromatic rings. The molecule has 0 saturated carbocycles. The third-order valence-corrected chi connectivity index (χ3v) is 2.10. The highest BCUT2D eigenvalue weighted by atomic mass is 31.1. The van der Waals surface area contributed by atoms with Crippen molar-refractivity contribution in [3.05, 3.63) is 0 Å². The molecule has 0 N–H and O–H groups in total. The zero-order chi connectivity index (χ0) is 12.3. The second-order valence-electron chi connectivity index (χ2n) is 2.27. The number of methoxy groups -OCH3 is 1. The van der Waals surface area contributed by atoms with Crippen LogP contribution in [0.5, 0.6) is 0 Å². The van der Waals surface area contributed by atoms with E-state index in [1.165, 1.54) is 0 Å². The van der Waals surface area contributed by atoms with Crippen LogP contribution in [0.4, 0.5) is 26.7 Å². The second-order valence-corrected chi connectivity index (χ2v) is 3.54. The molecule has 15 heavy (non-hydrogen) atoms. The number of rotatable bonds is 4. The fourth-order valence-electron chi connectivity index (χ4n) is 0.380. The first-order chi connectivity index (χ1) is 6.62. The van der Waals surface area contributed by atoms with Crippen molar-refractivity contribution in [3.63, 3.8) is 0 Å². The Morgan fingerprint density at radius 2 is 1.73 bits per heavy atom. The molecule has 0 aromatic heterocycles. The van der Waals surface area contributed by atoms with Crippen molar-refractivity contribution in [2.45, 2.75) is 12.1 Å². The Labute approximate surface area is 81.2 Å². The molecule has 1 unspecified atom stereocenters. The first-order valence-electron chi connectivity index (χ1n) is 3.31. The fraction of sp³-hybridized carbons (Fsp3) is 0.800. The molecule has 0 bridgehead atoms. The van der Waals surface area contributed by atoms with E-state index in [1.54, 1.807) is 0 Å². The Balaban J connectivity index is 4.28. The van der Waals surface area contributed by atoms with E-state index in [4.69, 9.17) is 0 Å². The zero-order valence-corrected chi connectivity index (χ0v) is 8.23. The molecule has 0 aliphatic heterocycles. The molecular weight excluding hydrogens is 250 g/mol. The fourth-order valence-corrected chi connectivity index (χ4v) is 0.977. The highest BCUT2D eigenvalue weighted by Crippen LogP contribution is 2.38. The summed E-state index contributed by atoms with van der Waals surface area (Å²) in [4.78, 5) is 10.3. The molecule has 0 aliphatic rings. The first kappa shape index (κ1) is 14.3. The predicted molar refractivity (Wildman–Crippen MR) is 38.4 cm³/mol. The number of carbonyl (C=O) groups excluding carboxylic acids is 1. The molecule has 0 rings (SSSR count). The number of hydrogen-bond acceptors (Lipinski definition) is 4. The molecule has 0 spiro atoms. The van der Waals surface area contributed by atoms with Crippen molar-refractivity contribution in [2.24, 2.45) is 0 Å². The van der Waals surface area contributed by atoms with Gasteiger partial charge in [0.1, 0.15) is 6.61 Å². The molecule has 0 radical (unpaired) electrons. The van der Waals surface area contributed by atoms with Crippen LogP contribution in [0.2, 0.25) is 0 Å². The number of carbonyl (C=O) groups is 1. The first-order valence-corrected chi connectivity index (χ1v) is 4.63. The average Bonchev–Trinajstić information content (AvgIpc) is 2.11. The van der Waals surface area contributed by atoms with E-state index in [2.05, 4.69) is 9.26 Å². The van der Waals surface area contributed by atoms with Crippen molar-refractivity contribution in [1.82, 2.24) is 0 Å². The normalized spacial score (nSPS) is 14.8. The summed E-state index contributed by atoms with van der Waals surface area (Å²) >= 11 is 0. The highest BCUT2D eigenvalue weighted by molar-refractivity contribution is 7.58. The Hall–Kier alpha value is -0.690.